The summed E-state index contributed by atoms with van der Waals surface area (Å²) in [5, 5.41) is 7.11. The number of nitrogens with zero attached hydrogens (tertiary/aromatic N) is 2. The van der Waals surface area contributed by atoms with Gasteiger partial charge in [-0.2, -0.15) is 5.10 Å². The molecule has 2 bridgehead atoms. The lowest BCUT2D eigenvalue weighted by Gasteiger charge is -2.32. The van der Waals surface area contributed by atoms with Gasteiger partial charge >= 0.3 is 0 Å². The van der Waals surface area contributed by atoms with Crippen molar-refractivity contribution in [2.24, 2.45) is 11.8 Å². The van der Waals surface area contributed by atoms with E-state index in [4.69, 9.17) is 0 Å². The summed E-state index contributed by atoms with van der Waals surface area (Å²) in [5.74, 6) is 2.19. The fourth-order valence-corrected chi connectivity index (χ4v) is 4.17. The van der Waals surface area contributed by atoms with Gasteiger partial charge in [0, 0.05) is 24.4 Å². The van der Waals surface area contributed by atoms with Gasteiger partial charge in [-0.05, 0) is 42.7 Å². The van der Waals surface area contributed by atoms with E-state index in [2.05, 4.69) is 10.2 Å². The van der Waals surface area contributed by atoms with Crippen molar-refractivity contribution in [3.05, 3.63) is 54.2 Å². The third kappa shape index (κ3) is 2.81. The quantitative estimate of drug-likeness (QED) is 0.877. The summed E-state index contributed by atoms with van der Waals surface area (Å²) in [4.78, 5) is 14.8. The van der Waals surface area contributed by atoms with Crippen LogP contribution in [0.2, 0.25) is 0 Å². The van der Waals surface area contributed by atoms with Crippen molar-refractivity contribution in [2.75, 3.05) is 4.90 Å². The number of anilines is 1. The van der Waals surface area contributed by atoms with Crippen LogP contribution < -0.4 is 4.90 Å². The largest absolute Gasteiger partial charge is 0.288 e. The van der Waals surface area contributed by atoms with E-state index in [9.17, 15) is 4.79 Å². The van der Waals surface area contributed by atoms with E-state index >= 15 is 0 Å². The number of amides is 1. The molecule has 3 unspecified atom stereocenters. The van der Waals surface area contributed by atoms with Gasteiger partial charge < -0.3 is 0 Å². The third-order valence-electron chi connectivity index (χ3n) is 5.22. The van der Waals surface area contributed by atoms with Gasteiger partial charge in [0.2, 0.25) is 0 Å². The van der Waals surface area contributed by atoms with Gasteiger partial charge in [0.15, 0.2) is 5.82 Å². The lowest BCUT2D eigenvalue weighted by atomic mass is 9.94. The van der Waals surface area contributed by atoms with E-state index < -0.39 is 0 Å². The second kappa shape index (κ2) is 6.03. The summed E-state index contributed by atoms with van der Waals surface area (Å²) >= 11 is 0. The van der Waals surface area contributed by atoms with Gasteiger partial charge in [0.25, 0.3) is 5.91 Å². The van der Waals surface area contributed by atoms with Gasteiger partial charge in [-0.3, -0.25) is 14.8 Å². The highest BCUT2D eigenvalue weighted by Gasteiger charge is 2.44. The summed E-state index contributed by atoms with van der Waals surface area (Å²) in [6.07, 6.45) is 10.3. The Bertz CT molecular complexity index is 693. The van der Waals surface area contributed by atoms with Crippen LogP contribution in [0, 0.1) is 11.8 Å². The summed E-state index contributed by atoms with van der Waals surface area (Å²) in [5.41, 5.74) is 1.04. The molecular weight excluding hydrogens is 286 g/mol. The van der Waals surface area contributed by atoms with Crippen LogP contribution in [0.4, 0.5) is 5.82 Å². The van der Waals surface area contributed by atoms with Crippen LogP contribution in [0.25, 0.3) is 6.08 Å². The van der Waals surface area contributed by atoms with Crippen LogP contribution in [-0.2, 0) is 4.79 Å². The molecule has 1 N–H and O–H groups in total. The van der Waals surface area contributed by atoms with E-state index in [1.807, 2.05) is 47.4 Å². The molecular formula is C19H21N3O. The maximum Gasteiger partial charge on any atom is 0.252 e. The van der Waals surface area contributed by atoms with Crippen LogP contribution in [0.3, 0.4) is 0 Å². The predicted molar refractivity (Wildman–Crippen MR) is 90.8 cm³/mol. The van der Waals surface area contributed by atoms with Crippen LogP contribution in [0.15, 0.2) is 48.7 Å². The molecule has 2 aromatic rings. The molecule has 4 nitrogen and oxygen atoms in total. The van der Waals surface area contributed by atoms with Gasteiger partial charge in [0.05, 0.1) is 0 Å². The number of fused-ring (bicyclic) bond motifs is 2. The van der Waals surface area contributed by atoms with Crippen molar-refractivity contribution >= 4 is 17.8 Å². The number of hydrogen-bond acceptors (Lipinski definition) is 2. The maximum atomic E-state index is 12.9. The topological polar surface area (TPSA) is 49.0 Å². The second-order valence-corrected chi connectivity index (χ2v) is 6.63. The molecule has 3 atom stereocenters. The van der Waals surface area contributed by atoms with Crippen molar-refractivity contribution in [3.63, 3.8) is 0 Å². The molecule has 0 radical (unpaired) electrons. The Kier molecular flexibility index (Phi) is 3.74. The Morgan fingerprint density at radius 2 is 2.04 bits per heavy atom. The first-order chi connectivity index (χ1) is 11.3. The number of aromatic nitrogens is 2. The Balaban J connectivity index is 1.58. The molecule has 1 heterocycles. The van der Waals surface area contributed by atoms with Crippen LogP contribution in [-0.4, -0.2) is 22.1 Å². The minimum Gasteiger partial charge on any atom is -0.288 e. The van der Waals surface area contributed by atoms with Crippen molar-refractivity contribution < 1.29 is 4.79 Å². The van der Waals surface area contributed by atoms with Gasteiger partial charge in [-0.1, -0.05) is 36.8 Å². The minimum atomic E-state index is 0.0264. The molecule has 118 valence electrons. The Morgan fingerprint density at radius 1 is 1.17 bits per heavy atom. The number of H-pyrrole nitrogens is 1. The lowest BCUT2D eigenvalue weighted by Crippen LogP contribution is -2.43. The van der Waals surface area contributed by atoms with Crippen LogP contribution in [0.5, 0.6) is 0 Å². The SMILES string of the molecule is O=C(/C=C/c1ccccc1)N(c1cc[nH]n1)C1CC2CCC1C2. The van der Waals surface area contributed by atoms with Crippen molar-refractivity contribution in [2.45, 2.75) is 31.7 Å². The van der Waals surface area contributed by atoms with Crippen molar-refractivity contribution in [1.29, 1.82) is 0 Å². The molecule has 0 saturated heterocycles. The number of aromatic amines is 1. The third-order valence-corrected chi connectivity index (χ3v) is 5.22. The highest BCUT2D eigenvalue weighted by Crippen LogP contribution is 2.47. The summed E-state index contributed by atoms with van der Waals surface area (Å²) in [7, 11) is 0. The molecule has 2 fully saturated rings. The minimum absolute atomic E-state index is 0.0264. The Hall–Kier alpha value is -2.36. The number of hydrogen-bond donors (Lipinski definition) is 1. The smallest absolute Gasteiger partial charge is 0.252 e. The highest BCUT2D eigenvalue weighted by molar-refractivity contribution is 6.03. The molecule has 0 aliphatic heterocycles. The predicted octanol–water partition coefficient (Wildman–Crippen LogP) is 3.64. The normalized spacial score (nSPS) is 26.0. The molecule has 1 amide bonds. The zero-order valence-corrected chi connectivity index (χ0v) is 13.1. The number of carbonyl (C=O) groups is 1. The maximum absolute atomic E-state index is 12.9. The van der Waals surface area contributed by atoms with Crippen LogP contribution in [0.1, 0.15) is 31.2 Å². The average molecular weight is 307 g/mol. The van der Waals surface area contributed by atoms with E-state index in [1.54, 1.807) is 12.3 Å². The van der Waals surface area contributed by atoms with E-state index in [1.165, 1.54) is 19.3 Å². The fraction of sp³-hybridized carbons (Fsp3) is 0.368. The van der Waals surface area contributed by atoms with Gasteiger partial charge in [-0.15, -0.1) is 0 Å². The standard InChI is InChI=1S/C19H21N3O/c23-19(9-7-14-4-2-1-3-5-14)22(18-10-11-20-21-18)17-13-15-6-8-16(17)12-15/h1-5,7,9-11,15-17H,6,8,12-13H2,(H,20,21)/b9-7+. The number of benzene rings is 1. The van der Waals surface area contributed by atoms with E-state index in [0.717, 1.165) is 23.7 Å². The first-order valence-electron chi connectivity index (χ1n) is 8.37. The van der Waals surface area contributed by atoms with Crippen molar-refractivity contribution in [3.8, 4) is 0 Å². The van der Waals surface area contributed by atoms with Crippen LogP contribution >= 0.6 is 0 Å². The number of nitrogens with one attached hydrogen (secondary N) is 1. The van der Waals surface area contributed by atoms with Gasteiger partial charge in [-0.25, -0.2) is 0 Å². The molecule has 2 saturated carbocycles. The first kappa shape index (κ1) is 14.2. The Morgan fingerprint density at radius 3 is 2.70 bits per heavy atom. The zero-order valence-electron chi connectivity index (χ0n) is 13.1. The average Bonchev–Trinajstić information content (AvgIpc) is 3.32. The molecule has 2 aliphatic carbocycles. The monoisotopic (exact) mass is 307 g/mol. The molecule has 0 spiro atoms. The summed E-state index contributed by atoms with van der Waals surface area (Å²) in [6.45, 7) is 0. The fourth-order valence-electron chi connectivity index (χ4n) is 4.17. The highest BCUT2D eigenvalue weighted by atomic mass is 16.2. The van der Waals surface area contributed by atoms with E-state index in [-0.39, 0.29) is 5.91 Å². The number of rotatable bonds is 4. The molecule has 4 heteroatoms. The molecule has 23 heavy (non-hydrogen) atoms. The van der Waals surface area contributed by atoms with Gasteiger partial charge in [0.1, 0.15) is 0 Å². The molecule has 2 aliphatic rings. The molecule has 1 aromatic heterocycles. The summed E-state index contributed by atoms with van der Waals surface area (Å²) < 4.78 is 0. The second-order valence-electron chi connectivity index (χ2n) is 6.63. The summed E-state index contributed by atoms with van der Waals surface area (Å²) in [6, 6.07) is 12.1. The number of carbonyl (C=O) groups excluding carboxylic acids is 1. The molecule has 1 aromatic carbocycles. The zero-order chi connectivity index (χ0) is 15.6. The molecule has 4 rings (SSSR count). The van der Waals surface area contributed by atoms with E-state index in [0.29, 0.717) is 12.0 Å². The Labute approximate surface area is 136 Å². The first-order valence-corrected chi connectivity index (χ1v) is 8.37. The lowest BCUT2D eigenvalue weighted by molar-refractivity contribution is -0.114. The van der Waals surface area contributed by atoms with Crippen molar-refractivity contribution in [1.82, 2.24) is 10.2 Å².